The number of aryl methyl sites for hydroxylation is 2. The first-order chi connectivity index (χ1) is 11.4. The van der Waals surface area contributed by atoms with E-state index >= 15 is 0 Å². The maximum atomic E-state index is 12.7. The molecule has 2 fully saturated rings. The predicted octanol–water partition coefficient (Wildman–Crippen LogP) is 0.968. The zero-order valence-electron chi connectivity index (χ0n) is 13.7. The lowest BCUT2D eigenvalue weighted by Crippen LogP contribution is -2.48. The van der Waals surface area contributed by atoms with Gasteiger partial charge in [-0.05, 0) is 19.8 Å². The lowest BCUT2D eigenvalue weighted by atomic mass is 10.4. The fourth-order valence-electron chi connectivity index (χ4n) is 2.75. The summed E-state index contributed by atoms with van der Waals surface area (Å²) in [6.45, 7) is 3.94. The molecular formula is C14H20N6O2S2. The van der Waals surface area contributed by atoms with E-state index in [0.29, 0.717) is 37.9 Å². The van der Waals surface area contributed by atoms with Crippen molar-refractivity contribution in [2.24, 2.45) is 7.05 Å². The number of nitrogens with zero attached hydrogens (tertiary/aromatic N) is 6. The van der Waals surface area contributed by atoms with Crippen molar-refractivity contribution in [1.29, 1.82) is 0 Å². The third-order valence-corrected chi connectivity index (χ3v) is 7.47. The van der Waals surface area contributed by atoms with Crippen LogP contribution in [0.2, 0.25) is 0 Å². The Hall–Kier alpha value is -1.52. The van der Waals surface area contributed by atoms with Crippen molar-refractivity contribution in [2.45, 2.75) is 30.7 Å². The maximum absolute atomic E-state index is 12.7. The van der Waals surface area contributed by atoms with Gasteiger partial charge in [-0.2, -0.15) is 4.31 Å². The molecular weight excluding hydrogens is 348 g/mol. The molecule has 2 aromatic rings. The van der Waals surface area contributed by atoms with Gasteiger partial charge in [-0.1, -0.05) is 11.3 Å². The monoisotopic (exact) mass is 368 g/mol. The predicted molar refractivity (Wildman–Crippen MR) is 90.8 cm³/mol. The van der Waals surface area contributed by atoms with E-state index in [1.54, 1.807) is 36.1 Å². The van der Waals surface area contributed by atoms with Gasteiger partial charge < -0.3 is 9.47 Å². The molecule has 1 saturated heterocycles. The Morgan fingerprint density at radius 1 is 1.17 bits per heavy atom. The molecule has 1 aliphatic carbocycles. The molecule has 0 amide bonds. The SMILES string of the molecule is Cc1nc(S(=O)(=O)N2CCN(c3nnc(C4CC4)s3)CC2)cn1C. The van der Waals surface area contributed by atoms with Gasteiger partial charge in [0.2, 0.25) is 5.13 Å². The molecule has 10 heteroatoms. The minimum atomic E-state index is -3.53. The van der Waals surface area contributed by atoms with Gasteiger partial charge in [-0.25, -0.2) is 13.4 Å². The van der Waals surface area contributed by atoms with Gasteiger partial charge in [-0.3, -0.25) is 0 Å². The fraction of sp³-hybridized carbons (Fsp3) is 0.643. The minimum Gasteiger partial charge on any atom is -0.344 e. The highest BCUT2D eigenvalue weighted by atomic mass is 32.2. The number of anilines is 1. The van der Waals surface area contributed by atoms with Gasteiger partial charge in [0.25, 0.3) is 10.0 Å². The molecule has 0 spiro atoms. The second kappa shape index (κ2) is 5.78. The summed E-state index contributed by atoms with van der Waals surface area (Å²) in [7, 11) is -1.73. The molecule has 130 valence electrons. The van der Waals surface area contributed by atoms with Gasteiger partial charge in [0.15, 0.2) is 5.03 Å². The number of imidazole rings is 1. The maximum Gasteiger partial charge on any atom is 0.262 e. The van der Waals surface area contributed by atoms with Crippen LogP contribution in [0.5, 0.6) is 0 Å². The smallest absolute Gasteiger partial charge is 0.262 e. The van der Waals surface area contributed by atoms with E-state index in [4.69, 9.17) is 0 Å². The number of hydrogen-bond acceptors (Lipinski definition) is 7. The molecule has 1 saturated carbocycles. The lowest BCUT2D eigenvalue weighted by molar-refractivity contribution is 0.383. The molecule has 0 atom stereocenters. The average Bonchev–Trinajstić information content (AvgIpc) is 3.20. The summed E-state index contributed by atoms with van der Waals surface area (Å²) in [6.07, 6.45) is 4.00. The minimum absolute atomic E-state index is 0.128. The third kappa shape index (κ3) is 2.82. The van der Waals surface area contributed by atoms with E-state index in [9.17, 15) is 8.42 Å². The summed E-state index contributed by atoms with van der Waals surface area (Å²) in [5.41, 5.74) is 0. The topological polar surface area (TPSA) is 84.2 Å². The van der Waals surface area contributed by atoms with Crippen molar-refractivity contribution < 1.29 is 8.42 Å². The average molecular weight is 368 g/mol. The van der Waals surface area contributed by atoms with Crippen molar-refractivity contribution >= 4 is 26.5 Å². The lowest BCUT2D eigenvalue weighted by Gasteiger charge is -2.33. The molecule has 4 rings (SSSR count). The van der Waals surface area contributed by atoms with E-state index in [1.165, 1.54) is 17.1 Å². The Labute approximate surface area is 145 Å². The number of aromatic nitrogens is 4. The quantitative estimate of drug-likeness (QED) is 0.799. The number of rotatable bonds is 4. The molecule has 0 aromatic carbocycles. The number of hydrogen-bond donors (Lipinski definition) is 0. The van der Waals surface area contributed by atoms with Crippen LogP contribution in [0.15, 0.2) is 11.2 Å². The fourth-order valence-corrected chi connectivity index (χ4v) is 5.26. The first kappa shape index (κ1) is 16.0. The van der Waals surface area contributed by atoms with E-state index < -0.39 is 10.0 Å². The van der Waals surface area contributed by atoms with E-state index in [0.717, 1.165) is 10.1 Å². The highest BCUT2D eigenvalue weighted by Gasteiger charge is 2.33. The van der Waals surface area contributed by atoms with Gasteiger partial charge in [0, 0.05) is 45.3 Å². The van der Waals surface area contributed by atoms with Crippen molar-refractivity contribution in [2.75, 3.05) is 31.1 Å². The highest BCUT2D eigenvalue weighted by molar-refractivity contribution is 7.89. The Bertz CT molecular complexity index is 827. The van der Waals surface area contributed by atoms with E-state index in [1.807, 2.05) is 0 Å². The summed E-state index contributed by atoms with van der Waals surface area (Å²) in [5.74, 6) is 1.29. The van der Waals surface area contributed by atoms with Crippen LogP contribution >= 0.6 is 11.3 Å². The Morgan fingerprint density at radius 3 is 2.46 bits per heavy atom. The van der Waals surface area contributed by atoms with Crippen LogP contribution in [0.4, 0.5) is 5.13 Å². The zero-order valence-corrected chi connectivity index (χ0v) is 15.3. The van der Waals surface area contributed by atoms with Crippen LogP contribution in [0, 0.1) is 6.92 Å². The summed E-state index contributed by atoms with van der Waals surface area (Å²) >= 11 is 1.64. The Morgan fingerprint density at radius 2 is 1.88 bits per heavy atom. The second-order valence-corrected chi connectivity index (χ2v) is 9.20. The largest absolute Gasteiger partial charge is 0.344 e. The number of piperazine rings is 1. The van der Waals surface area contributed by atoms with Gasteiger partial charge >= 0.3 is 0 Å². The zero-order chi connectivity index (χ0) is 16.9. The molecule has 0 N–H and O–H groups in total. The third-order valence-electron chi connectivity index (χ3n) is 4.56. The second-order valence-electron chi connectivity index (χ2n) is 6.33. The normalized spacial score (nSPS) is 19.8. The molecule has 0 unspecified atom stereocenters. The summed E-state index contributed by atoms with van der Waals surface area (Å²) in [5, 5.41) is 10.7. The molecule has 3 heterocycles. The molecule has 8 nitrogen and oxygen atoms in total. The highest BCUT2D eigenvalue weighted by Crippen LogP contribution is 2.42. The Balaban J connectivity index is 1.45. The summed E-state index contributed by atoms with van der Waals surface area (Å²) in [6, 6.07) is 0. The molecule has 0 radical (unpaired) electrons. The number of sulfonamides is 1. The van der Waals surface area contributed by atoms with Crippen molar-refractivity contribution in [3.05, 3.63) is 17.0 Å². The van der Waals surface area contributed by atoms with Crippen LogP contribution in [-0.2, 0) is 17.1 Å². The van der Waals surface area contributed by atoms with Crippen molar-refractivity contribution in [3.8, 4) is 0 Å². The van der Waals surface area contributed by atoms with Crippen LogP contribution in [0.1, 0.15) is 29.6 Å². The summed E-state index contributed by atoms with van der Waals surface area (Å²) < 4.78 is 28.6. The van der Waals surface area contributed by atoms with Gasteiger partial charge in [0.05, 0.1) is 0 Å². The van der Waals surface area contributed by atoms with Crippen molar-refractivity contribution in [3.63, 3.8) is 0 Å². The van der Waals surface area contributed by atoms with Gasteiger partial charge in [0.1, 0.15) is 10.8 Å². The molecule has 2 aromatic heterocycles. The molecule has 0 bridgehead atoms. The summed E-state index contributed by atoms with van der Waals surface area (Å²) in [4.78, 5) is 6.29. The van der Waals surface area contributed by atoms with Crippen LogP contribution in [0.25, 0.3) is 0 Å². The van der Waals surface area contributed by atoms with E-state index in [2.05, 4.69) is 20.1 Å². The van der Waals surface area contributed by atoms with E-state index in [-0.39, 0.29) is 5.03 Å². The van der Waals surface area contributed by atoms with Crippen LogP contribution in [0.3, 0.4) is 0 Å². The molecule has 1 aliphatic heterocycles. The Kier molecular flexibility index (Phi) is 3.85. The molecule has 2 aliphatic rings. The first-order valence-electron chi connectivity index (χ1n) is 8.03. The molecule has 24 heavy (non-hydrogen) atoms. The van der Waals surface area contributed by atoms with Crippen LogP contribution in [-0.4, -0.2) is 58.7 Å². The van der Waals surface area contributed by atoms with Crippen molar-refractivity contribution in [1.82, 2.24) is 24.1 Å². The first-order valence-corrected chi connectivity index (χ1v) is 10.3. The van der Waals surface area contributed by atoms with Gasteiger partial charge in [-0.15, -0.1) is 10.2 Å². The van der Waals surface area contributed by atoms with Crippen LogP contribution < -0.4 is 4.90 Å². The standard InChI is InChI=1S/C14H20N6O2S2/c1-10-15-12(9-18(10)2)24(21,22)20-7-5-19(6-8-20)14-17-16-13(23-14)11-3-4-11/h9,11H,3-8H2,1-2H3.